The van der Waals surface area contributed by atoms with Crippen LogP contribution in [0.15, 0.2) is 12.1 Å². The summed E-state index contributed by atoms with van der Waals surface area (Å²) in [6, 6.07) is 3.90. The fourth-order valence-corrected chi connectivity index (χ4v) is 2.75. The second-order valence-electron chi connectivity index (χ2n) is 5.04. The largest absolute Gasteiger partial charge is 0.504 e. The van der Waals surface area contributed by atoms with Crippen molar-refractivity contribution in [2.45, 2.75) is 45.4 Å². The summed E-state index contributed by atoms with van der Waals surface area (Å²) in [6.07, 6.45) is 7.44. The Bertz CT molecular complexity index is 385. The Morgan fingerprint density at radius 3 is 2.88 bits per heavy atom. The Hall–Kier alpha value is -1.18. The van der Waals surface area contributed by atoms with Crippen LogP contribution in [0.4, 0.5) is 0 Å². The van der Waals surface area contributed by atoms with Gasteiger partial charge in [-0.2, -0.15) is 0 Å². The number of benzene rings is 1. The molecule has 1 aliphatic rings. The number of methoxy groups -OCH3 is 1. The van der Waals surface area contributed by atoms with Gasteiger partial charge in [0.1, 0.15) is 0 Å². The van der Waals surface area contributed by atoms with Crippen molar-refractivity contribution in [3.05, 3.63) is 23.3 Å². The van der Waals surface area contributed by atoms with Gasteiger partial charge in [0.05, 0.1) is 7.11 Å². The SMILES string of the molecule is CCCC[C@@H]1CCc2cc(OC)c(O)cc2C1. The van der Waals surface area contributed by atoms with E-state index in [1.54, 1.807) is 7.11 Å². The summed E-state index contributed by atoms with van der Waals surface area (Å²) in [5, 5.41) is 9.80. The summed E-state index contributed by atoms with van der Waals surface area (Å²) >= 11 is 0. The van der Waals surface area contributed by atoms with Crippen molar-refractivity contribution in [1.29, 1.82) is 0 Å². The van der Waals surface area contributed by atoms with Crippen LogP contribution in [0.5, 0.6) is 11.5 Å². The molecule has 0 fully saturated rings. The van der Waals surface area contributed by atoms with Gasteiger partial charge in [0.15, 0.2) is 11.5 Å². The van der Waals surface area contributed by atoms with Crippen molar-refractivity contribution in [2.75, 3.05) is 7.11 Å². The number of fused-ring (bicyclic) bond motifs is 1. The van der Waals surface area contributed by atoms with Crippen molar-refractivity contribution < 1.29 is 9.84 Å². The Morgan fingerprint density at radius 2 is 2.18 bits per heavy atom. The molecular weight excluding hydrogens is 212 g/mol. The predicted octanol–water partition coefficient (Wildman–Crippen LogP) is 3.70. The van der Waals surface area contributed by atoms with Crippen LogP contribution >= 0.6 is 0 Å². The van der Waals surface area contributed by atoms with Gasteiger partial charge >= 0.3 is 0 Å². The first kappa shape index (κ1) is 12.3. The Morgan fingerprint density at radius 1 is 1.35 bits per heavy atom. The zero-order chi connectivity index (χ0) is 12.3. The van der Waals surface area contributed by atoms with Crippen molar-refractivity contribution in [3.63, 3.8) is 0 Å². The standard InChI is InChI=1S/C15H22O2/c1-3-4-5-11-6-7-12-10-15(17-2)14(16)9-13(12)8-11/h9-11,16H,3-8H2,1-2H3/t11-/m1/s1. The van der Waals surface area contributed by atoms with Crippen molar-refractivity contribution in [1.82, 2.24) is 0 Å². The number of hydrogen-bond donors (Lipinski definition) is 1. The van der Waals surface area contributed by atoms with Gasteiger partial charge in [-0.25, -0.2) is 0 Å². The third-order valence-electron chi connectivity index (χ3n) is 3.80. The van der Waals surface area contributed by atoms with E-state index in [2.05, 4.69) is 6.92 Å². The number of phenols is 1. The van der Waals surface area contributed by atoms with E-state index in [1.165, 1.54) is 36.8 Å². The predicted molar refractivity (Wildman–Crippen MR) is 69.7 cm³/mol. The van der Waals surface area contributed by atoms with E-state index in [9.17, 15) is 5.11 Å². The highest BCUT2D eigenvalue weighted by atomic mass is 16.5. The lowest BCUT2D eigenvalue weighted by molar-refractivity contribution is 0.367. The summed E-state index contributed by atoms with van der Waals surface area (Å²) in [5.41, 5.74) is 2.67. The van der Waals surface area contributed by atoms with Crippen molar-refractivity contribution in [2.24, 2.45) is 5.92 Å². The van der Waals surface area contributed by atoms with Crippen LogP contribution in [0.2, 0.25) is 0 Å². The number of hydrogen-bond acceptors (Lipinski definition) is 2. The van der Waals surface area contributed by atoms with Gasteiger partial charge in [-0.1, -0.05) is 26.2 Å². The van der Waals surface area contributed by atoms with E-state index in [0.717, 1.165) is 18.8 Å². The molecule has 0 bridgehead atoms. The molecule has 0 unspecified atom stereocenters. The maximum atomic E-state index is 9.80. The Labute approximate surface area is 104 Å². The molecule has 1 aliphatic carbocycles. The van der Waals surface area contributed by atoms with Crippen molar-refractivity contribution >= 4 is 0 Å². The average molecular weight is 234 g/mol. The normalized spacial score (nSPS) is 18.8. The molecule has 0 heterocycles. The summed E-state index contributed by atoms with van der Waals surface area (Å²) in [7, 11) is 1.61. The fourth-order valence-electron chi connectivity index (χ4n) is 2.75. The first-order chi connectivity index (χ1) is 8.24. The summed E-state index contributed by atoms with van der Waals surface area (Å²) in [4.78, 5) is 0. The van der Waals surface area contributed by atoms with Gasteiger partial charge in [0, 0.05) is 0 Å². The van der Waals surface area contributed by atoms with Crippen molar-refractivity contribution in [3.8, 4) is 11.5 Å². The minimum absolute atomic E-state index is 0.280. The van der Waals surface area contributed by atoms with Crippen LogP contribution in [0.1, 0.15) is 43.7 Å². The quantitative estimate of drug-likeness (QED) is 0.860. The first-order valence-electron chi connectivity index (χ1n) is 6.63. The minimum Gasteiger partial charge on any atom is -0.504 e. The lowest BCUT2D eigenvalue weighted by atomic mass is 9.81. The molecule has 0 saturated heterocycles. The smallest absolute Gasteiger partial charge is 0.160 e. The molecule has 0 aromatic heterocycles. The van der Waals surface area contributed by atoms with Crippen LogP contribution in [0.3, 0.4) is 0 Å². The van der Waals surface area contributed by atoms with Gasteiger partial charge in [-0.15, -0.1) is 0 Å². The molecule has 2 nitrogen and oxygen atoms in total. The second kappa shape index (κ2) is 5.44. The highest BCUT2D eigenvalue weighted by Gasteiger charge is 2.20. The second-order valence-corrected chi connectivity index (χ2v) is 5.04. The fraction of sp³-hybridized carbons (Fsp3) is 0.600. The van der Waals surface area contributed by atoms with Crippen LogP contribution in [-0.2, 0) is 12.8 Å². The van der Waals surface area contributed by atoms with E-state index in [-0.39, 0.29) is 5.75 Å². The molecule has 2 rings (SSSR count). The molecule has 0 spiro atoms. The molecule has 94 valence electrons. The van der Waals surface area contributed by atoms with E-state index < -0.39 is 0 Å². The van der Waals surface area contributed by atoms with Gasteiger partial charge in [0.2, 0.25) is 0 Å². The topological polar surface area (TPSA) is 29.5 Å². The zero-order valence-electron chi connectivity index (χ0n) is 10.8. The lowest BCUT2D eigenvalue weighted by Gasteiger charge is -2.25. The van der Waals surface area contributed by atoms with Crippen LogP contribution < -0.4 is 4.74 Å². The molecule has 0 radical (unpaired) electrons. The molecule has 17 heavy (non-hydrogen) atoms. The Kier molecular flexibility index (Phi) is 3.93. The third-order valence-corrected chi connectivity index (χ3v) is 3.80. The molecular formula is C15H22O2. The van der Waals surface area contributed by atoms with Gasteiger partial charge in [0.25, 0.3) is 0 Å². The molecule has 2 heteroatoms. The number of aryl methyl sites for hydroxylation is 1. The molecule has 1 N–H and O–H groups in total. The maximum Gasteiger partial charge on any atom is 0.160 e. The number of rotatable bonds is 4. The zero-order valence-corrected chi connectivity index (χ0v) is 10.8. The van der Waals surface area contributed by atoms with Crippen LogP contribution in [0.25, 0.3) is 0 Å². The number of phenolic OH excluding ortho intramolecular Hbond substituents is 1. The summed E-state index contributed by atoms with van der Waals surface area (Å²) in [6.45, 7) is 2.24. The van der Waals surface area contributed by atoms with E-state index in [0.29, 0.717) is 5.75 Å². The van der Waals surface area contributed by atoms with E-state index >= 15 is 0 Å². The maximum absolute atomic E-state index is 9.80. The first-order valence-corrected chi connectivity index (χ1v) is 6.63. The lowest BCUT2D eigenvalue weighted by Crippen LogP contribution is -2.14. The third kappa shape index (κ3) is 2.74. The number of unbranched alkanes of at least 4 members (excludes halogenated alkanes) is 1. The average Bonchev–Trinajstić information content (AvgIpc) is 2.35. The number of aromatic hydroxyl groups is 1. The molecule has 0 aliphatic heterocycles. The number of ether oxygens (including phenoxy) is 1. The van der Waals surface area contributed by atoms with Gasteiger partial charge in [-0.05, 0) is 48.4 Å². The molecule has 1 aromatic rings. The van der Waals surface area contributed by atoms with E-state index in [4.69, 9.17) is 4.74 Å². The molecule has 1 aromatic carbocycles. The van der Waals surface area contributed by atoms with Crippen LogP contribution in [0, 0.1) is 5.92 Å². The highest BCUT2D eigenvalue weighted by Crippen LogP contribution is 2.36. The summed E-state index contributed by atoms with van der Waals surface area (Å²) < 4.78 is 5.15. The molecule has 0 saturated carbocycles. The monoisotopic (exact) mass is 234 g/mol. The van der Waals surface area contributed by atoms with Gasteiger partial charge in [-0.3, -0.25) is 0 Å². The minimum atomic E-state index is 0.280. The van der Waals surface area contributed by atoms with E-state index in [1.807, 2.05) is 12.1 Å². The highest BCUT2D eigenvalue weighted by molar-refractivity contribution is 5.47. The Balaban J connectivity index is 2.12. The molecule has 0 amide bonds. The van der Waals surface area contributed by atoms with Crippen LogP contribution in [-0.4, -0.2) is 12.2 Å². The van der Waals surface area contributed by atoms with Gasteiger partial charge < -0.3 is 9.84 Å². The summed E-state index contributed by atoms with van der Waals surface area (Å²) in [5.74, 6) is 1.69. The molecule has 1 atom stereocenters.